The lowest BCUT2D eigenvalue weighted by Gasteiger charge is -2.09. The van der Waals surface area contributed by atoms with E-state index in [1.165, 1.54) is 5.56 Å². The summed E-state index contributed by atoms with van der Waals surface area (Å²) in [5.74, 6) is 0.828. The molecule has 0 aliphatic carbocycles. The Morgan fingerprint density at radius 2 is 2.25 bits per heavy atom. The molecule has 0 aliphatic heterocycles. The maximum Gasteiger partial charge on any atom is 0.126 e. The van der Waals surface area contributed by atoms with Crippen LogP contribution < -0.4 is 5.73 Å². The highest BCUT2D eigenvalue weighted by molar-refractivity contribution is 5.76. The van der Waals surface area contributed by atoms with Crippen molar-refractivity contribution in [3.63, 3.8) is 0 Å². The summed E-state index contributed by atoms with van der Waals surface area (Å²) < 4.78 is 2.00. The van der Waals surface area contributed by atoms with Gasteiger partial charge >= 0.3 is 0 Å². The van der Waals surface area contributed by atoms with Gasteiger partial charge < -0.3 is 15.4 Å². The molecule has 3 N–H and O–H groups in total. The number of aliphatic hydroxyl groups excluding tert-OH is 1. The van der Waals surface area contributed by atoms with Crippen molar-refractivity contribution in [1.29, 1.82) is 0 Å². The van der Waals surface area contributed by atoms with E-state index >= 15 is 0 Å². The van der Waals surface area contributed by atoms with Gasteiger partial charge in [-0.3, -0.25) is 0 Å². The predicted octanol–water partition coefficient (Wildman–Crippen LogP) is 1.26. The van der Waals surface area contributed by atoms with E-state index in [0.29, 0.717) is 6.42 Å². The van der Waals surface area contributed by atoms with Crippen molar-refractivity contribution in [2.75, 3.05) is 6.61 Å². The van der Waals surface area contributed by atoms with Crippen molar-refractivity contribution in [2.45, 2.75) is 19.4 Å². The van der Waals surface area contributed by atoms with Gasteiger partial charge in [-0.2, -0.15) is 0 Å². The zero-order chi connectivity index (χ0) is 11.7. The number of nitrogens with zero attached hydrogens (tertiary/aromatic N) is 2. The van der Waals surface area contributed by atoms with E-state index in [1.807, 2.05) is 30.7 Å². The normalized spacial score (nSPS) is 13.2. The average molecular weight is 219 g/mol. The minimum Gasteiger partial charge on any atom is -0.396 e. The Bertz CT molecular complexity index is 504. The van der Waals surface area contributed by atoms with Gasteiger partial charge in [-0.15, -0.1) is 0 Å². The Balaban J connectivity index is 2.51. The lowest BCUT2D eigenvalue weighted by Crippen LogP contribution is -2.16. The monoisotopic (exact) mass is 219 g/mol. The Labute approximate surface area is 94.7 Å². The number of aromatic nitrogens is 2. The van der Waals surface area contributed by atoms with Crippen molar-refractivity contribution in [3.05, 3.63) is 29.6 Å². The van der Waals surface area contributed by atoms with Gasteiger partial charge in [0.2, 0.25) is 0 Å². The highest BCUT2D eigenvalue weighted by atomic mass is 16.3. The van der Waals surface area contributed by atoms with Crippen molar-refractivity contribution in [1.82, 2.24) is 9.55 Å². The van der Waals surface area contributed by atoms with E-state index in [2.05, 4.69) is 11.1 Å². The molecule has 0 amide bonds. The van der Waals surface area contributed by atoms with Crippen LogP contribution in [0.4, 0.5) is 0 Å². The van der Waals surface area contributed by atoms with E-state index in [-0.39, 0.29) is 12.6 Å². The summed E-state index contributed by atoms with van der Waals surface area (Å²) in [5.41, 5.74) is 9.19. The lowest BCUT2D eigenvalue weighted by molar-refractivity contribution is 0.274. The third-order valence-corrected chi connectivity index (χ3v) is 2.84. The molecule has 0 aliphatic rings. The number of hydrogen-bond acceptors (Lipinski definition) is 3. The second-order valence-corrected chi connectivity index (χ2v) is 4.14. The molecule has 2 aromatic rings. The van der Waals surface area contributed by atoms with E-state index in [9.17, 15) is 0 Å². The molecule has 16 heavy (non-hydrogen) atoms. The van der Waals surface area contributed by atoms with Crippen LogP contribution in [-0.4, -0.2) is 21.3 Å². The summed E-state index contributed by atoms with van der Waals surface area (Å²) in [6.07, 6.45) is 0.538. The molecule has 4 heteroatoms. The Hall–Kier alpha value is -1.39. The van der Waals surface area contributed by atoms with E-state index in [1.54, 1.807) is 0 Å². The van der Waals surface area contributed by atoms with Gasteiger partial charge in [0, 0.05) is 13.7 Å². The quantitative estimate of drug-likeness (QED) is 0.817. The molecule has 0 spiro atoms. The van der Waals surface area contributed by atoms with Gasteiger partial charge in [0.1, 0.15) is 5.82 Å². The smallest absolute Gasteiger partial charge is 0.126 e. The molecule has 2 rings (SSSR count). The van der Waals surface area contributed by atoms with Gasteiger partial charge in [-0.05, 0) is 31.0 Å². The molecule has 0 saturated carbocycles. The number of fused-ring (bicyclic) bond motifs is 1. The van der Waals surface area contributed by atoms with Crippen LogP contribution in [0.1, 0.15) is 23.9 Å². The fourth-order valence-electron chi connectivity index (χ4n) is 1.93. The first kappa shape index (κ1) is 11.1. The Kier molecular flexibility index (Phi) is 2.94. The number of rotatable bonds is 3. The van der Waals surface area contributed by atoms with Crippen molar-refractivity contribution >= 4 is 11.0 Å². The number of benzene rings is 1. The maximum atomic E-state index is 8.89. The average Bonchev–Trinajstić information content (AvgIpc) is 2.56. The van der Waals surface area contributed by atoms with Gasteiger partial charge in [-0.1, -0.05) is 6.07 Å². The molecule has 1 heterocycles. The molecule has 0 radical (unpaired) electrons. The second kappa shape index (κ2) is 4.23. The highest BCUT2D eigenvalue weighted by Gasteiger charge is 2.14. The predicted molar refractivity (Wildman–Crippen MR) is 64.1 cm³/mol. The number of imidazole rings is 1. The zero-order valence-electron chi connectivity index (χ0n) is 9.64. The molecule has 1 unspecified atom stereocenters. The van der Waals surface area contributed by atoms with E-state index < -0.39 is 0 Å². The number of hydrogen-bond donors (Lipinski definition) is 2. The highest BCUT2D eigenvalue weighted by Crippen LogP contribution is 2.20. The van der Waals surface area contributed by atoms with Crippen LogP contribution >= 0.6 is 0 Å². The molecule has 4 nitrogen and oxygen atoms in total. The molecule has 0 fully saturated rings. The third kappa shape index (κ3) is 1.81. The van der Waals surface area contributed by atoms with Crippen LogP contribution in [-0.2, 0) is 7.05 Å². The second-order valence-electron chi connectivity index (χ2n) is 4.14. The molecule has 86 valence electrons. The van der Waals surface area contributed by atoms with Crippen LogP contribution in [0.25, 0.3) is 11.0 Å². The maximum absolute atomic E-state index is 8.89. The number of nitrogens with two attached hydrogens (primary N) is 1. The number of aryl methyl sites for hydroxylation is 2. The van der Waals surface area contributed by atoms with Crippen LogP contribution in [0.15, 0.2) is 18.2 Å². The lowest BCUT2D eigenvalue weighted by atomic mass is 10.2. The fourth-order valence-corrected chi connectivity index (χ4v) is 1.93. The summed E-state index contributed by atoms with van der Waals surface area (Å²) in [6, 6.07) is 5.95. The summed E-state index contributed by atoms with van der Waals surface area (Å²) in [6.45, 7) is 2.13. The molecular weight excluding hydrogens is 202 g/mol. The largest absolute Gasteiger partial charge is 0.396 e. The van der Waals surface area contributed by atoms with E-state index in [0.717, 1.165) is 16.9 Å². The first-order valence-electron chi connectivity index (χ1n) is 5.43. The molecule has 1 atom stereocenters. The van der Waals surface area contributed by atoms with Gasteiger partial charge in [0.15, 0.2) is 0 Å². The van der Waals surface area contributed by atoms with Crippen molar-refractivity contribution in [3.8, 4) is 0 Å². The molecule has 0 bridgehead atoms. The Morgan fingerprint density at radius 1 is 1.50 bits per heavy atom. The van der Waals surface area contributed by atoms with Crippen molar-refractivity contribution < 1.29 is 5.11 Å². The standard InChI is InChI=1S/C12H17N3O/c1-8-3-4-11-10(7-8)14-12(15(11)2)9(13)5-6-16/h3-4,7,9,16H,5-6,13H2,1-2H3. The first-order valence-corrected chi connectivity index (χ1v) is 5.43. The van der Waals surface area contributed by atoms with Gasteiger partial charge in [0.05, 0.1) is 17.1 Å². The van der Waals surface area contributed by atoms with Crippen molar-refractivity contribution in [2.24, 2.45) is 12.8 Å². The van der Waals surface area contributed by atoms with E-state index in [4.69, 9.17) is 10.8 Å². The summed E-state index contributed by atoms with van der Waals surface area (Å²) in [5, 5.41) is 8.89. The topological polar surface area (TPSA) is 64.1 Å². The number of aliphatic hydroxyl groups is 1. The summed E-state index contributed by atoms with van der Waals surface area (Å²) in [4.78, 5) is 4.52. The third-order valence-electron chi connectivity index (χ3n) is 2.84. The van der Waals surface area contributed by atoms with Gasteiger partial charge in [-0.25, -0.2) is 4.98 Å². The minimum atomic E-state index is -0.206. The SMILES string of the molecule is Cc1ccc2c(c1)nc(C(N)CCO)n2C. The van der Waals surface area contributed by atoms with Crippen LogP contribution in [0.3, 0.4) is 0 Å². The molecule has 1 aromatic heterocycles. The van der Waals surface area contributed by atoms with Crippen LogP contribution in [0.5, 0.6) is 0 Å². The van der Waals surface area contributed by atoms with Crippen LogP contribution in [0.2, 0.25) is 0 Å². The van der Waals surface area contributed by atoms with Crippen LogP contribution in [0, 0.1) is 6.92 Å². The van der Waals surface area contributed by atoms with Gasteiger partial charge in [0.25, 0.3) is 0 Å². The molecular formula is C12H17N3O. The summed E-state index contributed by atoms with van der Waals surface area (Å²) >= 11 is 0. The molecule has 1 aromatic carbocycles. The zero-order valence-corrected chi connectivity index (χ0v) is 9.64. The first-order chi connectivity index (χ1) is 7.63. The molecule has 0 saturated heterocycles. The fraction of sp³-hybridized carbons (Fsp3) is 0.417. The minimum absolute atomic E-state index is 0.0867. The Morgan fingerprint density at radius 3 is 2.94 bits per heavy atom. The summed E-state index contributed by atoms with van der Waals surface area (Å²) in [7, 11) is 1.96.